The lowest BCUT2D eigenvalue weighted by atomic mass is 10.2. The van der Waals surface area contributed by atoms with E-state index in [-0.39, 0.29) is 18.4 Å². The summed E-state index contributed by atoms with van der Waals surface area (Å²) in [4.78, 5) is 10.8. The van der Waals surface area contributed by atoms with E-state index in [0.717, 1.165) is 5.56 Å². The first-order valence-corrected chi connectivity index (χ1v) is 5.11. The van der Waals surface area contributed by atoms with Crippen molar-refractivity contribution in [1.82, 2.24) is 0 Å². The van der Waals surface area contributed by atoms with E-state index in [4.69, 9.17) is 15.2 Å². The summed E-state index contributed by atoms with van der Waals surface area (Å²) in [6.45, 7) is 3.95. The predicted molar refractivity (Wildman–Crippen MR) is 61.6 cm³/mol. The molecule has 2 N–H and O–H groups in total. The van der Waals surface area contributed by atoms with Gasteiger partial charge in [0.05, 0.1) is 19.6 Å². The molecule has 0 spiro atoms. The van der Waals surface area contributed by atoms with Gasteiger partial charge in [0.15, 0.2) is 11.5 Å². The van der Waals surface area contributed by atoms with Gasteiger partial charge in [-0.15, -0.1) is 0 Å². The van der Waals surface area contributed by atoms with Crippen LogP contribution >= 0.6 is 0 Å². The summed E-state index contributed by atoms with van der Waals surface area (Å²) in [7, 11) is 1.58. The average Bonchev–Trinajstić information content (AvgIpc) is 2.26. The van der Waals surface area contributed by atoms with Gasteiger partial charge in [-0.1, -0.05) is 13.0 Å². The minimum absolute atomic E-state index is 0.259. The van der Waals surface area contributed by atoms with Crippen molar-refractivity contribution in [1.29, 1.82) is 0 Å². The molecule has 0 saturated heterocycles. The Kier molecular flexibility index (Phi) is 4.17. The van der Waals surface area contributed by atoms with Crippen molar-refractivity contribution in [2.24, 2.45) is 11.7 Å². The van der Waals surface area contributed by atoms with Gasteiger partial charge >= 0.3 is 0 Å². The second-order valence-electron chi connectivity index (χ2n) is 3.77. The summed E-state index contributed by atoms with van der Waals surface area (Å²) in [6.07, 6.45) is 0. The fourth-order valence-electron chi connectivity index (χ4n) is 1.19. The quantitative estimate of drug-likeness (QED) is 0.822. The van der Waals surface area contributed by atoms with E-state index in [1.54, 1.807) is 14.0 Å². The summed E-state index contributed by atoms with van der Waals surface area (Å²) in [5, 5.41) is 0. The summed E-state index contributed by atoms with van der Waals surface area (Å²) >= 11 is 0. The van der Waals surface area contributed by atoms with E-state index in [0.29, 0.717) is 11.5 Å². The van der Waals surface area contributed by atoms with Crippen LogP contribution in [-0.4, -0.2) is 19.6 Å². The number of carbonyl (C=O) groups excluding carboxylic acids is 1. The second-order valence-corrected chi connectivity index (χ2v) is 3.77. The Bertz CT molecular complexity index is 377. The van der Waals surface area contributed by atoms with E-state index in [1.807, 2.05) is 25.1 Å². The van der Waals surface area contributed by atoms with Crippen LogP contribution in [0.5, 0.6) is 11.5 Å². The second kappa shape index (κ2) is 5.39. The lowest BCUT2D eigenvalue weighted by Crippen LogP contribution is -2.25. The van der Waals surface area contributed by atoms with Crippen LogP contribution in [0.2, 0.25) is 0 Å². The number of nitrogens with two attached hydrogens (primary N) is 1. The Morgan fingerprint density at radius 1 is 1.44 bits per heavy atom. The molecule has 16 heavy (non-hydrogen) atoms. The Morgan fingerprint density at radius 2 is 2.12 bits per heavy atom. The van der Waals surface area contributed by atoms with E-state index >= 15 is 0 Å². The predicted octanol–water partition coefficient (Wildman–Crippen LogP) is 1.50. The van der Waals surface area contributed by atoms with E-state index in [2.05, 4.69) is 0 Å². The molecule has 0 fully saturated rings. The fourth-order valence-corrected chi connectivity index (χ4v) is 1.19. The number of methoxy groups -OCH3 is 1. The van der Waals surface area contributed by atoms with Crippen molar-refractivity contribution >= 4 is 5.91 Å². The van der Waals surface area contributed by atoms with Crippen LogP contribution in [0.4, 0.5) is 0 Å². The fraction of sp³-hybridized carbons (Fsp3) is 0.417. The first kappa shape index (κ1) is 12.4. The molecule has 4 nitrogen and oxygen atoms in total. The van der Waals surface area contributed by atoms with Crippen molar-refractivity contribution in [3.8, 4) is 11.5 Å². The van der Waals surface area contributed by atoms with Crippen LogP contribution in [-0.2, 0) is 4.79 Å². The van der Waals surface area contributed by atoms with Crippen LogP contribution in [0, 0.1) is 12.8 Å². The number of amides is 1. The maximum Gasteiger partial charge on any atom is 0.223 e. The van der Waals surface area contributed by atoms with Crippen LogP contribution in [0.1, 0.15) is 12.5 Å². The third kappa shape index (κ3) is 3.15. The third-order valence-electron chi connectivity index (χ3n) is 2.29. The molecule has 0 radical (unpaired) electrons. The molecule has 1 atom stereocenters. The number of rotatable bonds is 5. The lowest BCUT2D eigenvalue weighted by molar-refractivity contribution is -0.122. The number of ether oxygens (including phenoxy) is 2. The highest BCUT2D eigenvalue weighted by molar-refractivity contribution is 5.76. The summed E-state index contributed by atoms with van der Waals surface area (Å²) in [6, 6.07) is 5.62. The van der Waals surface area contributed by atoms with Crippen molar-refractivity contribution in [3.05, 3.63) is 23.8 Å². The highest BCUT2D eigenvalue weighted by atomic mass is 16.5. The minimum Gasteiger partial charge on any atom is -0.493 e. The van der Waals surface area contributed by atoms with Gasteiger partial charge in [-0.25, -0.2) is 0 Å². The van der Waals surface area contributed by atoms with Crippen molar-refractivity contribution in [2.75, 3.05) is 13.7 Å². The number of primary amides is 1. The smallest absolute Gasteiger partial charge is 0.223 e. The standard InChI is InChI=1S/C12H17NO3/c1-8-4-5-10(11(6-8)15-3)16-7-9(2)12(13)14/h4-6,9H,7H2,1-3H3,(H2,13,14). The zero-order valence-corrected chi connectivity index (χ0v) is 9.82. The van der Waals surface area contributed by atoms with Gasteiger partial charge in [-0.3, -0.25) is 4.79 Å². The molecule has 0 aliphatic rings. The van der Waals surface area contributed by atoms with Crippen molar-refractivity contribution < 1.29 is 14.3 Å². The normalized spacial score (nSPS) is 11.9. The largest absolute Gasteiger partial charge is 0.493 e. The van der Waals surface area contributed by atoms with Gasteiger partial charge in [0.1, 0.15) is 0 Å². The van der Waals surface area contributed by atoms with Crippen LogP contribution < -0.4 is 15.2 Å². The third-order valence-corrected chi connectivity index (χ3v) is 2.29. The van der Waals surface area contributed by atoms with Gasteiger partial charge in [0.2, 0.25) is 5.91 Å². The molecule has 1 amide bonds. The molecule has 1 unspecified atom stereocenters. The number of aryl methyl sites for hydroxylation is 1. The van der Waals surface area contributed by atoms with Crippen molar-refractivity contribution in [3.63, 3.8) is 0 Å². The Morgan fingerprint density at radius 3 is 2.69 bits per heavy atom. The molecule has 0 saturated carbocycles. The van der Waals surface area contributed by atoms with Crippen LogP contribution in [0.3, 0.4) is 0 Å². The summed E-state index contributed by atoms with van der Waals surface area (Å²) in [5.41, 5.74) is 6.23. The van der Waals surface area contributed by atoms with Crippen LogP contribution in [0.15, 0.2) is 18.2 Å². The van der Waals surface area contributed by atoms with E-state index in [1.165, 1.54) is 0 Å². The summed E-state index contributed by atoms with van der Waals surface area (Å²) in [5.74, 6) is 0.606. The first-order valence-electron chi connectivity index (χ1n) is 5.11. The first-order chi connectivity index (χ1) is 7.54. The molecule has 0 bridgehead atoms. The Labute approximate surface area is 95.3 Å². The van der Waals surface area contributed by atoms with E-state index in [9.17, 15) is 4.79 Å². The molecule has 1 rings (SSSR count). The molecule has 1 aromatic rings. The van der Waals surface area contributed by atoms with Crippen molar-refractivity contribution in [2.45, 2.75) is 13.8 Å². The van der Waals surface area contributed by atoms with Gasteiger partial charge < -0.3 is 15.2 Å². The van der Waals surface area contributed by atoms with Gasteiger partial charge in [-0.05, 0) is 24.6 Å². The number of hydrogen-bond donors (Lipinski definition) is 1. The number of hydrogen-bond acceptors (Lipinski definition) is 3. The summed E-state index contributed by atoms with van der Waals surface area (Å²) < 4.78 is 10.7. The topological polar surface area (TPSA) is 61.6 Å². The molecule has 0 aliphatic carbocycles. The average molecular weight is 223 g/mol. The Hall–Kier alpha value is -1.71. The maximum atomic E-state index is 10.8. The molecule has 0 aliphatic heterocycles. The highest BCUT2D eigenvalue weighted by Crippen LogP contribution is 2.27. The molecule has 0 aromatic heterocycles. The zero-order valence-electron chi connectivity index (χ0n) is 9.82. The molecule has 0 heterocycles. The highest BCUT2D eigenvalue weighted by Gasteiger charge is 2.11. The van der Waals surface area contributed by atoms with E-state index < -0.39 is 0 Å². The van der Waals surface area contributed by atoms with Crippen LogP contribution in [0.25, 0.3) is 0 Å². The Balaban J connectivity index is 2.70. The zero-order chi connectivity index (χ0) is 12.1. The lowest BCUT2D eigenvalue weighted by Gasteiger charge is -2.13. The molecule has 4 heteroatoms. The number of benzene rings is 1. The molecular formula is C12H17NO3. The van der Waals surface area contributed by atoms with Gasteiger partial charge in [-0.2, -0.15) is 0 Å². The molecule has 1 aromatic carbocycles. The molecular weight excluding hydrogens is 206 g/mol. The van der Waals surface area contributed by atoms with Gasteiger partial charge in [0, 0.05) is 0 Å². The number of carbonyl (C=O) groups is 1. The maximum absolute atomic E-state index is 10.8. The SMILES string of the molecule is COc1cc(C)ccc1OCC(C)C(N)=O. The van der Waals surface area contributed by atoms with Gasteiger partial charge in [0.25, 0.3) is 0 Å². The molecule has 88 valence electrons. The minimum atomic E-state index is -0.369. The monoisotopic (exact) mass is 223 g/mol.